The number of hydrogen-bond acceptors (Lipinski definition) is 7. The van der Waals surface area contributed by atoms with Gasteiger partial charge in [-0.3, -0.25) is 4.57 Å². The highest BCUT2D eigenvalue weighted by molar-refractivity contribution is 5.81. The van der Waals surface area contributed by atoms with Gasteiger partial charge >= 0.3 is 0 Å². The third kappa shape index (κ3) is 1.88. The van der Waals surface area contributed by atoms with E-state index in [-0.39, 0.29) is 12.2 Å². The summed E-state index contributed by atoms with van der Waals surface area (Å²) in [5.41, 5.74) is 5.00. The number of halogens is 1. The molecule has 0 radical (unpaired) electrons. The van der Waals surface area contributed by atoms with Gasteiger partial charge in [-0.05, 0) is 6.42 Å². The van der Waals surface area contributed by atoms with Gasteiger partial charge in [-0.2, -0.15) is 0 Å². The molecular weight excluding hydrogens is 281 g/mol. The molecule has 4 unspecified atom stereocenters. The van der Waals surface area contributed by atoms with Crippen molar-refractivity contribution in [1.82, 2.24) is 19.5 Å². The minimum absolute atomic E-state index is 0.177. The first kappa shape index (κ1) is 14.1. The summed E-state index contributed by atoms with van der Waals surface area (Å²) in [6, 6.07) is 0. The Kier molecular flexibility index (Phi) is 3.27. The molecule has 1 fully saturated rings. The zero-order valence-corrected chi connectivity index (χ0v) is 11.3. The van der Waals surface area contributed by atoms with E-state index in [1.807, 2.05) is 0 Å². The van der Waals surface area contributed by atoms with E-state index in [0.717, 1.165) is 0 Å². The monoisotopic (exact) mass is 297 g/mol. The smallest absolute Gasteiger partial charge is 0.174 e. The molecule has 1 saturated heterocycles. The van der Waals surface area contributed by atoms with Crippen LogP contribution in [0.2, 0.25) is 0 Å². The molecule has 1 aliphatic rings. The molecule has 0 spiro atoms. The molecule has 114 valence electrons. The molecule has 21 heavy (non-hydrogen) atoms. The van der Waals surface area contributed by atoms with Crippen molar-refractivity contribution in [2.75, 3.05) is 12.3 Å². The van der Waals surface area contributed by atoms with Crippen molar-refractivity contribution < 1.29 is 19.3 Å². The summed E-state index contributed by atoms with van der Waals surface area (Å²) in [6.45, 7) is 1.23. The quantitative estimate of drug-likeness (QED) is 0.716. The summed E-state index contributed by atoms with van der Waals surface area (Å²) in [4.78, 5) is 11.9. The Morgan fingerprint density at radius 2 is 2.24 bits per heavy atom. The fraction of sp³-hybridized carbons (Fsp3) is 0.583. The molecule has 8 nitrogen and oxygen atoms in total. The van der Waals surface area contributed by atoms with E-state index < -0.39 is 30.7 Å². The van der Waals surface area contributed by atoms with Gasteiger partial charge in [-0.25, -0.2) is 19.3 Å². The van der Waals surface area contributed by atoms with Crippen LogP contribution >= 0.6 is 0 Å². The van der Waals surface area contributed by atoms with Crippen LogP contribution in [-0.4, -0.2) is 54.2 Å². The molecule has 1 aliphatic heterocycles. The van der Waals surface area contributed by atoms with Crippen LogP contribution in [0.1, 0.15) is 19.6 Å². The van der Waals surface area contributed by atoms with Gasteiger partial charge in [-0.1, -0.05) is 6.92 Å². The van der Waals surface area contributed by atoms with E-state index in [0.29, 0.717) is 11.2 Å². The zero-order chi connectivity index (χ0) is 15.2. The third-order valence-corrected chi connectivity index (χ3v) is 4.00. The average Bonchev–Trinajstić information content (AvgIpc) is 3.02. The van der Waals surface area contributed by atoms with Crippen LogP contribution in [0, 0.1) is 0 Å². The first-order valence-corrected chi connectivity index (χ1v) is 6.58. The zero-order valence-electron chi connectivity index (χ0n) is 11.3. The minimum atomic E-state index is -1.72. The van der Waals surface area contributed by atoms with Gasteiger partial charge in [0.15, 0.2) is 23.9 Å². The number of imidazole rings is 1. The Labute approximate surface area is 119 Å². The Balaban J connectivity index is 2.06. The lowest BCUT2D eigenvalue weighted by molar-refractivity contribution is -0.128. The summed E-state index contributed by atoms with van der Waals surface area (Å²) >= 11 is 0. The van der Waals surface area contributed by atoms with Crippen LogP contribution in [0.25, 0.3) is 11.2 Å². The van der Waals surface area contributed by atoms with E-state index in [2.05, 4.69) is 15.0 Å². The first-order chi connectivity index (χ1) is 10.0. The van der Waals surface area contributed by atoms with Gasteiger partial charge in [0, 0.05) is 0 Å². The van der Waals surface area contributed by atoms with Crippen molar-refractivity contribution in [2.45, 2.75) is 37.4 Å². The average molecular weight is 297 g/mol. The van der Waals surface area contributed by atoms with Crippen molar-refractivity contribution in [3.63, 3.8) is 0 Å². The molecule has 4 atom stereocenters. The second-order valence-corrected chi connectivity index (χ2v) is 5.06. The number of anilines is 1. The van der Waals surface area contributed by atoms with Crippen molar-refractivity contribution in [2.24, 2.45) is 0 Å². The predicted molar refractivity (Wildman–Crippen MR) is 70.9 cm³/mol. The number of nitrogens with two attached hydrogens (primary N) is 1. The Hall–Kier alpha value is -1.84. The Bertz CT molecular complexity index is 659. The molecule has 0 saturated carbocycles. The summed E-state index contributed by atoms with van der Waals surface area (Å²) in [7, 11) is 0. The van der Waals surface area contributed by atoms with Crippen LogP contribution < -0.4 is 5.73 Å². The lowest BCUT2D eigenvalue weighted by Crippen LogP contribution is -2.44. The number of ether oxygens (including phenoxy) is 1. The number of nitrogen functional groups attached to an aromatic ring is 1. The number of aliphatic hydroxyl groups excluding tert-OH is 2. The maximum atomic E-state index is 14.4. The minimum Gasteiger partial charge on any atom is -0.393 e. The van der Waals surface area contributed by atoms with Crippen molar-refractivity contribution >= 4 is 17.0 Å². The summed E-state index contributed by atoms with van der Waals surface area (Å²) < 4.78 is 21.4. The van der Waals surface area contributed by atoms with Crippen LogP contribution in [0.4, 0.5) is 10.2 Å². The number of aliphatic hydroxyl groups is 2. The highest BCUT2D eigenvalue weighted by atomic mass is 19.1. The van der Waals surface area contributed by atoms with Gasteiger partial charge in [0.25, 0.3) is 0 Å². The highest BCUT2D eigenvalue weighted by Gasteiger charge is 2.55. The largest absolute Gasteiger partial charge is 0.393 e. The molecule has 9 heteroatoms. The first-order valence-electron chi connectivity index (χ1n) is 6.58. The standard InChI is InChI=1S/C12H16FN5O3/c1-2-12(3-19)8(20)6(13)11(21-12)18-5-17-7-9(14)15-4-16-10(7)18/h4-6,8,11,19-20H,2-3H2,1H3,(H2,14,15,16). The van der Waals surface area contributed by atoms with Crippen LogP contribution in [-0.2, 0) is 4.74 Å². The number of hydrogen-bond donors (Lipinski definition) is 3. The van der Waals surface area contributed by atoms with Gasteiger partial charge in [0.1, 0.15) is 23.5 Å². The fourth-order valence-electron chi connectivity index (χ4n) is 2.62. The van der Waals surface area contributed by atoms with Crippen molar-refractivity contribution in [3.8, 4) is 0 Å². The number of fused-ring (bicyclic) bond motifs is 1. The maximum Gasteiger partial charge on any atom is 0.174 e. The predicted octanol–water partition coefficient (Wildman–Crippen LogP) is -0.223. The van der Waals surface area contributed by atoms with E-state index in [9.17, 15) is 14.6 Å². The van der Waals surface area contributed by atoms with Crippen molar-refractivity contribution in [3.05, 3.63) is 12.7 Å². The van der Waals surface area contributed by atoms with Crippen LogP contribution in [0.3, 0.4) is 0 Å². The second-order valence-electron chi connectivity index (χ2n) is 5.06. The molecule has 0 aromatic carbocycles. The van der Waals surface area contributed by atoms with Gasteiger partial charge in [-0.15, -0.1) is 0 Å². The Morgan fingerprint density at radius 1 is 1.48 bits per heavy atom. The number of rotatable bonds is 3. The fourth-order valence-corrected chi connectivity index (χ4v) is 2.62. The van der Waals surface area contributed by atoms with Crippen LogP contribution in [0.15, 0.2) is 12.7 Å². The van der Waals surface area contributed by atoms with Gasteiger partial charge in [0.05, 0.1) is 12.9 Å². The summed E-state index contributed by atoms with van der Waals surface area (Å²) in [5, 5.41) is 19.5. The molecule has 0 amide bonds. The van der Waals surface area contributed by atoms with E-state index in [1.54, 1.807) is 6.92 Å². The van der Waals surface area contributed by atoms with Gasteiger partial charge in [0.2, 0.25) is 0 Å². The number of nitrogens with zero attached hydrogens (tertiary/aromatic N) is 4. The molecule has 0 bridgehead atoms. The lowest BCUT2D eigenvalue weighted by Gasteiger charge is -2.28. The lowest BCUT2D eigenvalue weighted by atomic mass is 9.94. The normalized spacial score (nSPS) is 32.9. The molecular formula is C12H16FN5O3. The van der Waals surface area contributed by atoms with E-state index in [4.69, 9.17) is 10.5 Å². The second kappa shape index (κ2) is 4.86. The molecule has 2 aromatic heterocycles. The number of alkyl halides is 1. The summed E-state index contributed by atoms with van der Waals surface area (Å²) in [6.07, 6.45) is -1.44. The van der Waals surface area contributed by atoms with E-state index >= 15 is 0 Å². The molecule has 2 aromatic rings. The molecule has 4 N–H and O–H groups in total. The SMILES string of the molecule is CCC1(CO)OC(n2cnc3c(N)ncnc32)C(F)C1O. The molecule has 3 heterocycles. The Morgan fingerprint density at radius 3 is 2.86 bits per heavy atom. The highest BCUT2D eigenvalue weighted by Crippen LogP contribution is 2.41. The van der Waals surface area contributed by atoms with Gasteiger partial charge < -0.3 is 20.7 Å². The summed E-state index contributed by atoms with van der Waals surface area (Å²) in [5.74, 6) is 0.177. The molecule has 3 rings (SSSR count). The maximum absolute atomic E-state index is 14.4. The molecule has 0 aliphatic carbocycles. The van der Waals surface area contributed by atoms with Crippen molar-refractivity contribution in [1.29, 1.82) is 0 Å². The van der Waals surface area contributed by atoms with Crippen LogP contribution in [0.5, 0.6) is 0 Å². The number of aromatic nitrogens is 4. The third-order valence-electron chi connectivity index (χ3n) is 4.00. The topological polar surface area (TPSA) is 119 Å². The van der Waals surface area contributed by atoms with E-state index in [1.165, 1.54) is 17.2 Å².